The fraction of sp³-hybridized carbons (Fsp3) is 0.538. The minimum atomic E-state index is -4.17. The molecule has 0 spiro atoms. The molecule has 0 unspecified atom stereocenters. The highest BCUT2D eigenvalue weighted by Gasteiger charge is 2.41. The lowest BCUT2D eigenvalue weighted by atomic mass is 9.97. The van der Waals surface area contributed by atoms with Crippen LogP contribution in [0.2, 0.25) is 0 Å². The standard InChI is InChI=1S/C13H14F3N3O2S2/c1-23(20,21)11(7-17)6-10-8-18-12(22-10)19-4-2-9(3-5-19)13(14,15)16/h6,8-9H,2-5H2,1H3/b11-6+. The molecule has 2 rings (SSSR count). The van der Waals surface area contributed by atoms with Crippen molar-refractivity contribution in [2.75, 3.05) is 24.2 Å². The maximum Gasteiger partial charge on any atom is 0.391 e. The van der Waals surface area contributed by atoms with E-state index in [-0.39, 0.29) is 30.8 Å². The minimum absolute atomic E-state index is 0.0149. The molecule has 0 saturated carbocycles. The molecule has 0 N–H and O–H groups in total. The largest absolute Gasteiger partial charge is 0.391 e. The number of nitrogens with zero attached hydrogens (tertiary/aromatic N) is 3. The highest BCUT2D eigenvalue weighted by atomic mass is 32.2. The summed E-state index contributed by atoms with van der Waals surface area (Å²) in [4.78, 5) is 5.96. The Balaban J connectivity index is 2.10. The summed E-state index contributed by atoms with van der Waals surface area (Å²) < 4.78 is 60.7. The van der Waals surface area contributed by atoms with E-state index in [4.69, 9.17) is 5.26 Å². The molecule has 1 aliphatic rings. The molecular weight excluding hydrogens is 351 g/mol. The SMILES string of the molecule is CS(=O)(=O)/C(C#N)=C/c1cnc(N2CCC(C(F)(F)F)CC2)s1. The summed E-state index contributed by atoms with van der Waals surface area (Å²) in [5, 5.41) is 9.38. The van der Waals surface area contributed by atoms with Gasteiger partial charge in [-0.2, -0.15) is 18.4 Å². The predicted octanol–water partition coefficient (Wildman–Crippen LogP) is 2.83. The number of hydrogen-bond donors (Lipinski definition) is 0. The van der Waals surface area contributed by atoms with Gasteiger partial charge < -0.3 is 4.90 Å². The highest BCUT2D eigenvalue weighted by Crippen LogP contribution is 2.36. The molecule has 1 aliphatic heterocycles. The van der Waals surface area contributed by atoms with E-state index in [0.717, 1.165) is 17.6 Å². The van der Waals surface area contributed by atoms with Crippen LogP contribution in [0.5, 0.6) is 0 Å². The van der Waals surface area contributed by atoms with Gasteiger partial charge in [-0.3, -0.25) is 0 Å². The van der Waals surface area contributed by atoms with Crippen molar-refractivity contribution in [1.82, 2.24) is 4.98 Å². The molecule has 1 aromatic heterocycles. The topological polar surface area (TPSA) is 74.1 Å². The minimum Gasteiger partial charge on any atom is -0.348 e. The predicted molar refractivity (Wildman–Crippen MR) is 81.5 cm³/mol. The van der Waals surface area contributed by atoms with Crippen LogP contribution in [-0.4, -0.2) is 38.9 Å². The van der Waals surface area contributed by atoms with Crippen molar-refractivity contribution in [3.8, 4) is 6.07 Å². The van der Waals surface area contributed by atoms with Gasteiger partial charge in [-0.05, 0) is 18.9 Å². The first kappa shape index (κ1) is 17.7. The van der Waals surface area contributed by atoms with Gasteiger partial charge in [-0.25, -0.2) is 13.4 Å². The molecule has 0 radical (unpaired) electrons. The van der Waals surface area contributed by atoms with Crippen LogP contribution in [0, 0.1) is 17.2 Å². The summed E-state index contributed by atoms with van der Waals surface area (Å²) in [6.45, 7) is 0.496. The normalized spacial score (nSPS) is 18.0. The van der Waals surface area contributed by atoms with Crippen LogP contribution >= 0.6 is 11.3 Å². The number of halogens is 3. The van der Waals surface area contributed by atoms with Crippen molar-refractivity contribution in [2.24, 2.45) is 5.92 Å². The van der Waals surface area contributed by atoms with Gasteiger partial charge in [-0.15, -0.1) is 0 Å². The quantitative estimate of drug-likeness (QED) is 0.770. The van der Waals surface area contributed by atoms with Crippen LogP contribution in [0.4, 0.5) is 18.3 Å². The smallest absolute Gasteiger partial charge is 0.348 e. The highest BCUT2D eigenvalue weighted by molar-refractivity contribution is 7.95. The third-order valence-electron chi connectivity index (χ3n) is 3.52. The van der Waals surface area contributed by atoms with Crippen LogP contribution in [0.3, 0.4) is 0 Å². The summed E-state index contributed by atoms with van der Waals surface area (Å²) in [5.74, 6) is -1.28. The van der Waals surface area contributed by atoms with Crippen molar-refractivity contribution in [3.05, 3.63) is 16.0 Å². The second-order valence-electron chi connectivity index (χ2n) is 5.24. The van der Waals surface area contributed by atoms with E-state index in [0.29, 0.717) is 10.0 Å². The number of aromatic nitrogens is 1. The number of piperidine rings is 1. The average Bonchev–Trinajstić information content (AvgIpc) is 2.91. The van der Waals surface area contributed by atoms with Crippen LogP contribution in [-0.2, 0) is 9.84 Å². The Hall–Kier alpha value is -1.60. The molecule has 2 heterocycles. The molecule has 0 bridgehead atoms. The third kappa shape index (κ3) is 4.45. The Kier molecular flexibility index (Phi) is 5.01. The molecule has 1 fully saturated rings. The van der Waals surface area contributed by atoms with E-state index in [2.05, 4.69) is 4.98 Å². The van der Waals surface area contributed by atoms with Gasteiger partial charge in [0.1, 0.15) is 11.0 Å². The molecule has 1 saturated heterocycles. The average molecular weight is 365 g/mol. The zero-order chi connectivity index (χ0) is 17.3. The van der Waals surface area contributed by atoms with Gasteiger partial charge in [-0.1, -0.05) is 11.3 Å². The molecule has 0 atom stereocenters. The number of nitriles is 1. The molecule has 126 valence electrons. The first-order valence-corrected chi connectivity index (χ1v) is 9.41. The zero-order valence-corrected chi connectivity index (χ0v) is 13.8. The lowest BCUT2D eigenvalue weighted by molar-refractivity contribution is -0.179. The summed E-state index contributed by atoms with van der Waals surface area (Å²) in [7, 11) is -3.61. The Morgan fingerprint density at radius 3 is 2.57 bits per heavy atom. The number of sulfone groups is 1. The van der Waals surface area contributed by atoms with Gasteiger partial charge in [0.05, 0.1) is 10.8 Å². The summed E-state index contributed by atoms with van der Waals surface area (Å²) in [6.07, 6.45) is -0.564. The van der Waals surface area contributed by atoms with Crippen molar-refractivity contribution in [1.29, 1.82) is 5.26 Å². The molecule has 0 aromatic carbocycles. The Morgan fingerprint density at radius 2 is 2.09 bits per heavy atom. The summed E-state index contributed by atoms with van der Waals surface area (Å²) >= 11 is 1.15. The Morgan fingerprint density at radius 1 is 1.48 bits per heavy atom. The summed E-state index contributed by atoms with van der Waals surface area (Å²) in [6, 6.07) is 1.62. The monoisotopic (exact) mass is 365 g/mol. The van der Waals surface area contributed by atoms with Gasteiger partial charge in [0.15, 0.2) is 15.0 Å². The lowest BCUT2D eigenvalue weighted by Crippen LogP contribution is -2.38. The number of rotatable bonds is 3. The van der Waals surface area contributed by atoms with Crippen molar-refractivity contribution < 1.29 is 21.6 Å². The third-order valence-corrected chi connectivity index (χ3v) is 5.54. The van der Waals surface area contributed by atoms with Gasteiger partial charge in [0.2, 0.25) is 0 Å². The van der Waals surface area contributed by atoms with Gasteiger partial charge >= 0.3 is 6.18 Å². The summed E-state index contributed by atoms with van der Waals surface area (Å²) in [5.41, 5.74) is 0. The van der Waals surface area contributed by atoms with E-state index in [1.807, 2.05) is 0 Å². The van der Waals surface area contributed by atoms with E-state index in [1.165, 1.54) is 12.3 Å². The first-order chi connectivity index (χ1) is 10.6. The van der Waals surface area contributed by atoms with Crippen LogP contribution < -0.4 is 4.90 Å². The number of alkyl halides is 3. The van der Waals surface area contributed by atoms with E-state index in [9.17, 15) is 21.6 Å². The Bertz CT molecular complexity index is 739. The lowest BCUT2D eigenvalue weighted by Gasteiger charge is -2.32. The van der Waals surface area contributed by atoms with Crippen LogP contribution in [0.1, 0.15) is 17.7 Å². The Labute approximate surface area is 136 Å². The van der Waals surface area contributed by atoms with Crippen molar-refractivity contribution in [2.45, 2.75) is 19.0 Å². The fourth-order valence-corrected chi connectivity index (χ4v) is 3.73. The second-order valence-corrected chi connectivity index (χ2v) is 8.27. The number of anilines is 1. The van der Waals surface area contributed by atoms with Crippen molar-refractivity contribution in [3.63, 3.8) is 0 Å². The molecule has 0 aliphatic carbocycles. The van der Waals surface area contributed by atoms with E-state index >= 15 is 0 Å². The van der Waals surface area contributed by atoms with E-state index in [1.54, 1.807) is 11.0 Å². The number of hydrogen-bond acceptors (Lipinski definition) is 6. The van der Waals surface area contributed by atoms with Crippen LogP contribution in [0.15, 0.2) is 11.1 Å². The zero-order valence-electron chi connectivity index (χ0n) is 12.2. The van der Waals surface area contributed by atoms with Crippen LogP contribution in [0.25, 0.3) is 6.08 Å². The molecular formula is C13H14F3N3O2S2. The molecule has 10 heteroatoms. The molecule has 1 aromatic rings. The maximum absolute atomic E-state index is 12.6. The first-order valence-electron chi connectivity index (χ1n) is 6.70. The fourth-order valence-electron chi connectivity index (χ4n) is 2.24. The maximum atomic E-state index is 12.6. The molecule has 23 heavy (non-hydrogen) atoms. The van der Waals surface area contributed by atoms with Gasteiger partial charge in [0, 0.05) is 25.5 Å². The number of thiazole rings is 1. The van der Waals surface area contributed by atoms with Gasteiger partial charge in [0.25, 0.3) is 0 Å². The number of allylic oxidation sites excluding steroid dienone is 1. The molecule has 5 nitrogen and oxygen atoms in total. The second kappa shape index (κ2) is 6.49. The van der Waals surface area contributed by atoms with Crippen molar-refractivity contribution >= 4 is 32.4 Å². The van der Waals surface area contributed by atoms with E-state index < -0.39 is 21.9 Å². The molecule has 0 amide bonds.